The molecule has 0 radical (unpaired) electrons. The van der Waals surface area contributed by atoms with Crippen molar-refractivity contribution in [3.63, 3.8) is 0 Å². The molecule has 0 bridgehead atoms. The molecule has 2 rings (SSSR count). The van der Waals surface area contributed by atoms with E-state index in [2.05, 4.69) is 5.32 Å². The van der Waals surface area contributed by atoms with Gasteiger partial charge < -0.3 is 14.2 Å². The molecule has 8 nitrogen and oxygen atoms in total. The van der Waals surface area contributed by atoms with Crippen molar-refractivity contribution in [1.82, 2.24) is 10.2 Å². The lowest BCUT2D eigenvalue weighted by Crippen LogP contribution is -2.49. The van der Waals surface area contributed by atoms with Gasteiger partial charge >= 0.3 is 12.2 Å². The van der Waals surface area contributed by atoms with E-state index in [-0.39, 0.29) is 12.2 Å². The maximum atomic E-state index is 13.2. The van der Waals surface area contributed by atoms with Gasteiger partial charge in [-0.05, 0) is 73.5 Å². The fourth-order valence-electron chi connectivity index (χ4n) is 3.98. The molecule has 1 aromatic carbocycles. The molecule has 2 atom stereocenters. The lowest BCUT2D eigenvalue weighted by molar-refractivity contribution is -0.114. The third-order valence-electron chi connectivity index (χ3n) is 5.28. The van der Waals surface area contributed by atoms with Gasteiger partial charge in [0.1, 0.15) is 23.0 Å². The number of carbonyl (C=O) groups is 3. The molecule has 1 N–H and O–H groups in total. The molecule has 1 aliphatic rings. The van der Waals surface area contributed by atoms with Gasteiger partial charge in [0.25, 0.3) is 0 Å². The summed E-state index contributed by atoms with van der Waals surface area (Å²) >= 11 is 0. The van der Waals surface area contributed by atoms with Crippen molar-refractivity contribution in [2.24, 2.45) is 0 Å². The van der Waals surface area contributed by atoms with E-state index in [1.165, 1.54) is 11.0 Å². The first-order valence-electron chi connectivity index (χ1n) is 12.7. The van der Waals surface area contributed by atoms with E-state index < -0.39 is 41.3 Å². The highest BCUT2D eigenvalue weighted by molar-refractivity contribution is 5.92. The topological polar surface area (TPSA) is 94.2 Å². The Morgan fingerprint density at radius 1 is 1.03 bits per heavy atom. The molecule has 1 aromatic rings. The van der Waals surface area contributed by atoms with Gasteiger partial charge in [0.05, 0.1) is 12.5 Å². The van der Waals surface area contributed by atoms with E-state index >= 15 is 0 Å². The first-order valence-corrected chi connectivity index (χ1v) is 12.7. The van der Waals surface area contributed by atoms with Gasteiger partial charge in [0, 0.05) is 5.70 Å². The highest BCUT2D eigenvalue weighted by Gasteiger charge is 2.50. The maximum absolute atomic E-state index is 13.2. The Kier molecular flexibility index (Phi) is 9.72. The lowest BCUT2D eigenvalue weighted by atomic mass is 10.0. The zero-order valence-corrected chi connectivity index (χ0v) is 23.6. The molecule has 1 fully saturated rings. The summed E-state index contributed by atoms with van der Waals surface area (Å²) in [5, 5.41) is 2.67. The highest BCUT2D eigenvalue weighted by Crippen LogP contribution is 2.42. The number of ketones is 1. The number of hydrogen-bond donors (Lipinski definition) is 1. The predicted molar refractivity (Wildman–Crippen MR) is 143 cm³/mol. The summed E-state index contributed by atoms with van der Waals surface area (Å²) in [4.78, 5) is 40.0. The molecule has 1 aliphatic heterocycles. The van der Waals surface area contributed by atoms with Gasteiger partial charge in [-0.25, -0.2) is 9.59 Å². The molecule has 0 saturated carbocycles. The van der Waals surface area contributed by atoms with Gasteiger partial charge in [0.15, 0.2) is 5.78 Å². The summed E-state index contributed by atoms with van der Waals surface area (Å²) in [5.41, 5.74) is -1.00. The standard InChI is InChI=1S/C29H42N2O6/c1-10-14-21(30-25(33)36-27(2,3)4)19-22(32)17-18-23-24(20-15-12-11-13-16-20)35-29(8,9)31(23)26(34)37-28(5,6)7/h11-18,23-24H,10,19H2,1-9H3,(H,30,33)/b18-17+,21-14-/t23-,24-/m1/s1. The molecule has 0 aliphatic carbocycles. The quantitative estimate of drug-likeness (QED) is 0.421. The Hall–Kier alpha value is -3.13. The van der Waals surface area contributed by atoms with Crippen molar-refractivity contribution >= 4 is 18.0 Å². The maximum Gasteiger partial charge on any atom is 0.413 e. The number of hydrogen-bond acceptors (Lipinski definition) is 6. The Morgan fingerprint density at radius 2 is 1.62 bits per heavy atom. The van der Waals surface area contributed by atoms with Gasteiger partial charge in [-0.1, -0.05) is 49.4 Å². The van der Waals surface area contributed by atoms with Crippen LogP contribution in [0.1, 0.15) is 86.8 Å². The van der Waals surface area contributed by atoms with Gasteiger partial charge in [0.2, 0.25) is 0 Å². The second-order valence-corrected chi connectivity index (χ2v) is 11.5. The van der Waals surface area contributed by atoms with Crippen LogP contribution in [0.2, 0.25) is 0 Å². The first-order chi connectivity index (χ1) is 17.0. The van der Waals surface area contributed by atoms with Crippen molar-refractivity contribution in [2.45, 2.75) is 104 Å². The van der Waals surface area contributed by atoms with Crippen LogP contribution in [-0.4, -0.2) is 45.8 Å². The number of amides is 2. The number of benzene rings is 1. The Bertz CT molecular complexity index is 1020. The van der Waals surface area contributed by atoms with Crippen LogP contribution in [0.25, 0.3) is 0 Å². The van der Waals surface area contributed by atoms with E-state index in [4.69, 9.17) is 14.2 Å². The molecule has 37 heavy (non-hydrogen) atoms. The summed E-state index contributed by atoms with van der Waals surface area (Å²) in [6.45, 7) is 16.2. The summed E-state index contributed by atoms with van der Waals surface area (Å²) in [7, 11) is 0. The third kappa shape index (κ3) is 9.35. The Labute approximate surface area is 221 Å². The molecular formula is C29H42N2O6. The Balaban J connectivity index is 2.30. The van der Waals surface area contributed by atoms with Crippen LogP contribution in [0.5, 0.6) is 0 Å². The van der Waals surface area contributed by atoms with Crippen LogP contribution < -0.4 is 5.32 Å². The number of allylic oxidation sites excluding steroid dienone is 3. The van der Waals surface area contributed by atoms with E-state index in [0.717, 1.165) is 5.56 Å². The van der Waals surface area contributed by atoms with E-state index in [0.29, 0.717) is 12.1 Å². The van der Waals surface area contributed by atoms with Gasteiger partial charge in [-0.15, -0.1) is 0 Å². The normalized spacial score (nSPS) is 20.1. The van der Waals surface area contributed by atoms with Crippen molar-refractivity contribution in [3.8, 4) is 0 Å². The smallest absolute Gasteiger partial charge is 0.413 e. The SMILES string of the molecule is CC/C=C(/CC(=O)/C=C/[C@@H]1[C@@H](c2ccccc2)OC(C)(C)N1C(=O)OC(C)(C)C)NC(=O)OC(C)(C)C. The van der Waals surface area contributed by atoms with Crippen LogP contribution in [0.4, 0.5) is 9.59 Å². The molecule has 0 aromatic heterocycles. The van der Waals surface area contributed by atoms with Crippen LogP contribution in [0, 0.1) is 0 Å². The average molecular weight is 515 g/mol. The lowest BCUT2D eigenvalue weighted by Gasteiger charge is -2.34. The van der Waals surface area contributed by atoms with Crippen LogP contribution >= 0.6 is 0 Å². The summed E-state index contributed by atoms with van der Waals surface area (Å²) in [6, 6.07) is 8.97. The minimum atomic E-state index is -0.980. The monoisotopic (exact) mass is 514 g/mol. The van der Waals surface area contributed by atoms with Crippen LogP contribution in [-0.2, 0) is 19.0 Å². The largest absolute Gasteiger partial charge is 0.444 e. The van der Waals surface area contributed by atoms with Crippen molar-refractivity contribution in [1.29, 1.82) is 0 Å². The van der Waals surface area contributed by atoms with E-state index in [9.17, 15) is 14.4 Å². The van der Waals surface area contributed by atoms with Crippen molar-refractivity contribution < 1.29 is 28.6 Å². The minimum Gasteiger partial charge on any atom is -0.444 e. The molecule has 8 heteroatoms. The third-order valence-corrected chi connectivity index (χ3v) is 5.28. The fraction of sp³-hybridized carbons (Fsp3) is 0.552. The fourth-order valence-corrected chi connectivity index (χ4v) is 3.98. The van der Waals surface area contributed by atoms with Crippen LogP contribution in [0.3, 0.4) is 0 Å². The number of alkyl carbamates (subject to hydrolysis) is 1. The van der Waals surface area contributed by atoms with E-state index in [1.807, 2.05) is 37.3 Å². The zero-order chi connectivity index (χ0) is 28.0. The number of nitrogens with one attached hydrogen (secondary N) is 1. The zero-order valence-electron chi connectivity index (χ0n) is 23.6. The average Bonchev–Trinajstić information content (AvgIpc) is 3.00. The number of ether oxygens (including phenoxy) is 3. The number of carbonyl (C=O) groups excluding carboxylic acids is 3. The highest BCUT2D eigenvalue weighted by atomic mass is 16.6. The molecule has 1 heterocycles. The predicted octanol–water partition coefficient (Wildman–Crippen LogP) is 6.43. The number of rotatable bonds is 7. The van der Waals surface area contributed by atoms with Gasteiger partial charge in [-0.3, -0.25) is 15.0 Å². The van der Waals surface area contributed by atoms with Crippen molar-refractivity contribution in [3.05, 3.63) is 59.8 Å². The summed E-state index contributed by atoms with van der Waals surface area (Å²) < 4.78 is 17.3. The second-order valence-electron chi connectivity index (χ2n) is 11.5. The first kappa shape index (κ1) is 30.1. The minimum absolute atomic E-state index is 0.0248. The molecular weight excluding hydrogens is 472 g/mol. The molecule has 204 valence electrons. The molecule has 2 amide bonds. The van der Waals surface area contributed by atoms with Crippen molar-refractivity contribution in [2.75, 3.05) is 0 Å². The number of nitrogens with zero attached hydrogens (tertiary/aromatic N) is 1. The summed E-state index contributed by atoms with van der Waals surface area (Å²) in [5.74, 6) is -0.239. The summed E-state index contributed by atoms with van der Waals surface area (Å²) in [6.07, 6.45) is 3.85. The van der Waals surface area contributed by atoms with E-state index in [1.54, 1.807) is 67.5 Å². The van der Waals surface area contributed by atoms with Crippen LogP contribution in [0.15, 0.2) is 54.3 Å². The molecule has 0 spiro atoms. The molecule has 1 saturated heterocycles. The Morgan fingerprint density at radius 3 is 2.16 bits per heavy atom. The second kappa shape index (κ2) is 11.9. The van der Waals surface area contributed by atoms with Gasteiger partial charge in [-0.2, -0.15) is 0 Å². The molecule has 0 unspecified atom stereocenters.